The van der Waals surface area contributed by atoms with Crippen molar-refractivity contribution in [2.24, 2.45) is 5.92 Å². The summed E-state index contributed by atoms with van der Waals surface area (Å²) in [5.74, 6) is 1.70. The molecule has 2 heterocycles. The molecule has 96 valence electrons. The van der Waals surface area contributed by atoms with Crippen molar-refractivity contribution in [3.63, 3.8) is 0 Å². The van der Waals surface area contributed by atoms with Crippen LogP contribution in [0.15, 0.2) is 18.5 Å². The van der Waals surface area contributed by atoms with Gasteiger partial charge in [0, 0.05) is 18.4 Å². The summed E-state index contributed by atoms with van der Waals surface area (Å²) in [7, 11) is 0. The average Bonchev–Trinajstić information content (AvgIpc) is 2.73. The molecule has 1 aliphatic carbocycles. The van der Waals surface area contributed by atoms with Crippen molar-refractivity contribution in [1.82, 2.24) is 14.6 Å². The van der Waals surface area contributed by atoms with Crippen LogP contribution < -0.4 is 5.32 Å². The maximum absolute atomic E-state index is 4.48. The van der Waals surface area contributed by atoms with Crippen molar-refractivity contribution in [3.05, 3.63) is 24.2 Å². The van der Waals surface area contributed by atoms with Crippen LogP contribution >= 0.6 is 0 Å². The normalized spacial score (nSPS) is 24.3. The molecule has 1 fully saturated rings. The van der Waals surface area contributed by atoms with Crippen molar-refractivity contribution in [1.29, 1.82) is 0 Å². The topological polar surface area (TPSA) is 42.2 Å². The molecule has 1 N–H and O–H groups in total. The van der Waals surface area contributed by atoms with E-state index in [0.717, 1.165) is 22.9 Å². The first-order valence-corrected chi connectivity index (χ1v) is 6.81. The summed E-state index contributed by atoms with van der Waals surface area (Å²) in [5.41, 5.74) is 2.11. The second-order valence-corrected chi connectivity index (χ2v) is 5.40. The summed E-state index contributed by atoms with van der Waals surface area (Å²) in [6.07, 6.45) is 8.97. The second kappa shape index (κ2) is 4.59. The average molecular weight is 244 g/mol. The summed E-state index contributed by atoms with van der Waals surface area (Å²) in [5, 5.41) is 8.04. The highest BCUT2D eigenvalue weighted by atomic mass is 15.2. The van der Waals surface area contributed by atoms with Crippen LogP contribution in [0.25, 0.3) is 5.52 Å². The Labute approximate surface area is 107 Å². The summed E-state index contributed by atoms with van der Waals surface area (Å²) in [6.45, 7) is 4.35. The molecule has 0 spiro atoms. The Kier molecular flexibility index (Phi) is 2.94. The molecule has 0 bridgehead atoms. The molecule has 18 heavy (non-hydrogen) atoms. The number of rotatable bonds is 2. The SMILES string of the molecule is Cc1cc2c(NC3CCCCC3C)nccn2n1. The molecule has 0 radical (unpaired) electrons. The third-order valence-corrected chi connectivity index (χ3v) is 3.95. The van der Waals surface area contributed by atoms with E-state index >= 15 is 0 Å². The van der Waals surface area contributed by atoms with E-state index in [4.69, 9.17) is 0 Å². The molecule has 0 saturated heterocycles. The van der Waals surface area contributed by atoms with Gasteiger partial charge in [-0.2, -0.15) is 5.10 Å². The maximum Gasteiger partial charge on any atom is 0.152 e. The van der Waals surface area contributed by atoms with Gasteiger partial charge in [-0.15, -0.1) is 0 Å². The predicted octanol–water partition coefficient (Wildman–Crippen LogP) is 3.03. The van der Waals surface area contributed by atoms with E-state index in [1.807, 2.05) is 23.8 Å². The predicted molar refractivity (Wildman–Crippen MR) is 72.8 cm³/mol. The van der Waals surface area contributed by atoms with E-state index in [1.54, 1.807) is 0 Å². The number of nitrogens with one attached hydrogen (secondary N) is 1. The van der Waals surface area contributed by atoms with Crippen molar-refractivity contribution in [3.8, 4) is 0 Å². The minimum atomic E-state index is 0.549. The summed E-state index contributed by atoms with van der Waals surface area (Å²) >= 11 is 0. The quantitative estimate of drug-likeness (QED) is 0.883. The fraction of sp³-hybridized carbons (Fsp3) is 0.571. The van der Waals surface area contributed by atoms with Gasteiger partial charge in [-0.1, -0.05) is 19.8 Å². The van der Waals surface area contributed by atoms with Gasteiger partial charge in [-0.3, -0.25) is 0 Å². The maximum atomic E-state index is 4.48. The van der Waals surface area contributed by atoms with Crippen LogP contribution in [-0.4, -0.2) is 20.6 Å². The van der Waals surface area contributed by atoms with E-state index in [9.17, 15) is 0 Å². The molecule has 1 saturated carbocycles. The van der Waals surface area contributed by atoms with E-state index in [-0.39, 0.29) is 0 Å². The molecule has 4 heteroatoms. The van der Waals surface area contributed by atoms with Crippen LogP contribution in [0.1, 0.15) is 38.3 Å². The van der Waals surface area contributed by atoms with E-state index < -0.39 is 0 Å². The molecule has 0 aromatic carbocycles. The molecule has 4 nitrogen and oxygen atoms in total. The first-order valence-electron chi connectivity index (χ1n) is 6.81. The fourth-order valence-corrected chi connectivity index (χ4v) is 2.86. The first kappa shape index (κ1) is 11.5. The van der Waals surface area contributed by atoms with Gasteiger partial charge in [0.25, 0.3) is 0 Å². The second-order valence-electron chi connectivity index (χ2n) is 5.40. The number of aromatic nitrogens is 3. The van der Waals surface area contributed by atoms with Gasteiger partial charge >= 0.3 is 0 Å². The minimum Gasteiger partial charge on any atom is -0.365 e. The molecule has 2 aromatic heterocycles. The Balaban J connectivity index is 1.89. The van der Waals surface area contributed by atoms with Crippen LogP contribution in [0.3, 0.4) is 0 Å². The Hall–Kier alpha value is -1.58. The van der Waals surface area contributed by atoms with Crippen LogP contribution in [0.2, 0.25) is 0 Å². The van der Waals surface area contributed by atoms with E-state index in [2.05, 4.69) is 28.4 Å². The highest BCUT2D eigenvalue weighted by molar-refractivity contribution is 5.68. The molecular formula is C14H20N4. The number of anilines is 1. The van der Waals surface area contributed by atoms with Crippen LogP contribution in [-0.2, 0) is 0 Å². The van der Waals surface area contributed by atoms with Crippen molar-refractivity contribution >= 4 is 11.3 Å². The van der Waals surface area contributed by atoms with E-state index in [0.29, 0.717) is 6.04 Å². The number of aryl methyl sites for hydroxylation is 1. The molecule has 0 amide bonds. The first-order chi connectivity index (χ1) is 8.74. The molecular weight excluding hydrogens is 224 g/mol. The summed E-state index contributed by atoms with van der Waals surface area (Å²) < 4.78 is 1.90. The Morgan fingerprint density at radius 2 is 2.17 bits per heavy atom. The van der Waals surface area contributed by atoms with Crippen LogP contribution in [0.4, 0.5) is 5.82 Å². The van der Waals surface area contributed by atoms with Gasteiger partial charge in [0.2, 0.25) is 0 Å². The Bertz CT molecular complexity index is 546. The lowest BCUT2D eigenvalue weighted by atomic mass is 9.86. The van der Waals surface area contributed by atoms with Gasteiger partial charge in [-0.25, -0.2) is 9.50 Å². The molecule has 0 aliphatic heterocycles. The molecule has 3 rings (SSSR count). The molecule has 1 aliphatic rings. The van der Waals surface area contributed by atoms with Crippen LogP contribution in [0, 0.1) is 12.8 Å². The lowest BCUT2D eigenvalue weighted by Gasteiger charge is -2.30. The summed E-state index contributed by atoms with van der Waals surface area (Å²) in [6, 6.07) is 2.63. The number of fused-ring (bicyclic) bond motifs is 1. The lowest BCUT2D eigenvalue weighted by Crippen LogP contribution is -2.30. The standard InChI is InChI=1S/C14H20N4/c1-10-5-3-4-6-12(10)16-14-13-9-11(2)17-18(13)8-7-15-14/h7-10,12H,3-6H2,1-2H3,(H,15,16). The van der Waals surface area contributed by atoms with Crippen molar-refractivity contribution < 1.29 is 0 Å². The van der Waals surface area contributed by atoms with Gasteiger partial charge in [0.15, 0.2) is 5.82 Å². The lowest BCUT2D eigenvalue weighted by molar-refractivity contribution is 0.349. The van der Waals surface area contributed by atoms with Gasteiger partial charge < -0.3 is 5.32 Å². The van der Waals surface area contributed by atoms with Gasteiger partial charge in [0.1, 0.15) is 5.52 Å². The summed E-state index contributed by atoms with van der Waals surface area (Å²) in [4.78, 5) is 4.48. The largest absolute Gasteiger partial charge is 0.365 e. The van der Waals surface area contributed by atoms with Gasteiger partial charge in [0.05, 0.1) is 5.69 Å². The number of hydrogen-bond donors (Lipinski definition) is 1. The molecule has 2 unspecified atom stereocenters. The smallest absolute Gasteiger partial charge is 0.152 e. The van der Waals surface area contributed by atoms with Gasteiger partial charge in [-0.05, 0) is 31.7 Å². The van der Waals surface area contributed by atoms with Crippen molar-refractivity contribution in [2.45, 2.75) is 45.6 Å². The Morgan fingerprint density at radius 1 is 1.33 bits per heavy atom. The third kappa shape index (κ3) is 2.07. The monoisotopic (exact) mass is 244 g/mol. The van der Waals surface area contributed by atoms with E-state index in [1.165, 1.54) is 25.7 Å². The molecule has 2 atom stereocenters. The molecule has 2 aromatic rings. The highest BCUT2D eigenvalue weighted by Gasteiger charge is 2.22. The van der Waals surface area contributed by atoms with Crippen LogP contribution in [0.5, 0.6) is 0 Å². The zero-order valence-electron chi connectivity index (χ0n) is 11.1. The number of hydrogen-bond acceptors (Lipinski definition) is 3. The zero-order valence-corrected chi connectivity index (χ0v) is 11.1. The zero-order chi connectivity index (χ0) is 12.5. The fourth-order valence-electron chi connectivity index (χ4n) is 2.86. The Morgan fingerprint density at radius 3 is 3.00 bits per heavy atom. The van der Waals surface area contributed by atoms with Crippen molar-refractivity contribution in [2.75, 3.05) is 5.32 Å². The minimum absolute atomic E-state index is 0.549. The number of nitrogens with zero attached hydrogens (tertiary/aromatic N) is 3. The highest BCUT2D eigenvalue weighted by Crippen LogP contribution is 2.27. The third-order valence-electron chi connectivity index (χ3n) is 3.95.